The highest BCUT2D eigenvalue weighted by atomic mass is 15.3. The quantitative estimate of drug-likeness (QED) is 0.632. The number of hydrogen-bond donors (Lipinski definition) is 0. The summed E-state index contributed by atoms with van der Waals surface area (Å²) < 4.78 is 0. The summed E-state index contributed by atoms with van der Waals surface area (Å²) in [5.74, 6) is 0. The molecule has 2 radical (unpaired) electrons. The largest absolute Gasteiger partial charge is 0.346 e. The van der Waals surface area contributed by atoms with Crippen molar-refractivity contribution >= 4 is 0 Å². The fraction of sp³-hybridized carbons (Fsp3) is 0.700. The van der Waals surface area contributed by atoms with Gasteiger partial charge in [0.15, 0.2) is 0 Å². The molecule has 0 aromatic carbocycles. The van der Waals surface area contributed by atoms with Crippen LogP contribution in [0.15, 0.2) is 12.4 Å². The molecule has 1 rings (SSSR count). The summed E-state index contributed by atoms with van der Waals surface area (Å²) in [7, 11) is 0. The molecule has 0 saturated heterocycles. The maximum atomic E-state index is 3.28. The van der Waals surface area contributed by atoms with Crippen molar-refractivity contribution in [3.8, 4) is 0 Å². The summed E-state index contributed by atoms with van der Waals surface area (Å²) in [6.45, 7) is 10.9. The Kier molecular flexibility index (Phi) is 3.45. The number of unbranched alkanes of at least 4 members (excludes halogenated alkanes) is 1. The molecular formula is C10H18N2. The molecule has 0 aromatic rings. The Bertz CT molecular complexity index is 152. The van der Waals surface area contributed by atoms with E-state index in [-0.39, 0.29) is 0 Å². The van der Waals surface area contributed by atoms with E-state index in [1.54, 1.807) is 0 Å². The van der Waals surface area contributed by atoms with Gasteiger partial charge in [-0.2, -0.15) is 0 Å². The fourth-order valence-corrected chi connectivity index (χ4v) is 1.11. The van der Waals surface area contributed by atoms with Gasteiger partial charge in [-0.15, -0.1) is 0 Å². The summed E-state index contributed by atoms with van der Waals surface area (Å²) in [6, 6.07) is 0.521. The molecule has 12 heavy (non-hydrogen) atoms. The topological polar surface area (TPSA) is 6.48 Å². The molecule has 2 nitrogen and oxygen atoms in total. The van der Waals surface area contributed by atoms with E-state index < -0.39 is 0 Å². The smallest absolute Gasteiger partial charge is 0.208 e. The van der Waals surface area contributed by atoms with Crippen molar-refractivity contribution in [3.63, 3.8) is 0 Å². The van der Waals surface area contributed by atoms with Gasteiger partial charge in [0, 0.05) is 25.0 Å². The fourth-order valence-electron chi connectivity index (χ4n) is 1.11. The van der Waals surface area contributed by atoms with Crippen molar-refractivity contribution in [2.45, 2.75) is 39.7 Å². The van der Waals surface area contributed by atoms with Gasteiger partial charge >= 0.3 is 0 Å². The first-order chi connectivity index (χ1) is 5.74. The molecule has 0 saturated carbocycles. The Hall–Kier alpha value is -0.660. The van der Waals surface area contributed by atoms with Crippen LogP contribution in [0.3, 0.4) is 0 Å². The third-order valence-corrected chi connectivity index (χ3v) is 1.96. The highest BCUT2D eigenvalue weighted by Crippen LogP contribution is 2.14. The Morgan fingerprint density at radius 2 is 2.08 bits per heavy atom. The lowest BCUT2D eigenvalue weighted by Gasteiger charge is -2.21. The van der Waals surface area contributed by atoms with Crippen LogP contribution < -0.4 is 0 Å². The molecule has 2 heteroatoms. The number of hydrogen-bond acceptors (Lipinski definition) is 2. The lowest BCUT2D eigenvalue weighted by atomic mass is 10.3. The maximum Gasteiger partial charge on any atom is 0.208 e. The van der Waals surface area contributed by atoms with E-state index in [1.165, 1.54) is 12.8 Å². The minimum Gasteiger partial charge on any atom is -0.346 e. The first kappa shape index (κ1) is 9.43. The van der Waals surface area contributed by atoms with Crippen molar-refractivity contribution in [2.75, 3.05) is 6.54 Å². The van der Waals surface area contributed by atoms with Crippen molar-refractivity contribution in [1.82, 2.24) is 9.80 Å². The van der Waals surface area contributed by atoms with E-state index in [0.29, 0.717) is 6.04 Å². The predicted octanol–water partition coefficient (Wildman–Crippen LogP) is 2.28. The van der Waals surface area contributed by atoms with Crippen LogP contribution in [0.1, 0.15) is 33.6 Å². The molecule has 0 fully saturated rings. The van der Waals surface area contributed by atoms with E-state index in [1.807, 2.05) is 0 Å². The Morgan fingerprint density at radius 3 is 2.58 bits per heavy atom. The second-order valence-corrected chi connectivity index (χ2v) is 3.45. The molecule has 0 spiro atoms. The molecule has 1 heterocycles. The molecule has 68 valence electrons. The van der Waals surface area contributed by atoms with Gasteiger partial charge in [0.05, 0.1) is 0 Å². The second-order valence-electron chi connectivity index (χ2n) is 3.45. The summed E-state index contributed by atoms with van der Waals surface area (Å²) in [5.41, 5.74) is 0. The molecule has 0 aliphatic carbocycles. The van der Waals surface area contributed by atoms with E-state index in [9.17, 15) is 0 Å². The molecular weight excluding hydrogens is 148 g/mol. The van der Waals surface area contributed by atoms with Crippen LogP contribution >= 0.6 is 0 Å². The maximum absolute atomic E-state index is 3.28. The van der Waals surface area contributed by atoms with Crippen LogP contribution in [0.25, 0.3) is 0 Å². The molecule has 0 bridgehead atoms. The van der Waals surface area contributed by atoms with Crippen LogP contribution in [-0.2, 0) is 0 Å². The first-order valence-electron chi connectivity index (χ1n) is 4.73. The molecule has 1 aliphatic rings. The zero-order chi connectivity index (χ0) is 8.97. The van der Waals surface area contributed by atoms with E-state index >= 15 is 0 Å². The zero-order valence-corrected chi connectivity index (χ0v) is 8.25. The summed E-state index contributed by atoms with van der Waals surface area (Å²) in [6.07, 6.45) is 6.66. The minimum absolute atomic E-state index is 0.521. The van der Waals surface area contributed by atoms with Gasteiger partial charge in [0.1, 0.15) is 0 Å². The van der Waals surface area contributed by atoms with E-state index in [2.05, 4.69) is 49.6 Å². The summed E-state index contributed by atoms with van der Waals surface area (Å²) in [5, 5.41) is 0. The van der Waals surface area contributed by atoms with E-state index in [4.69, 9.17) is 0 Å². The zero-order valence-electron chi connectivity index (χ0n) is 8.25. The van der Waals surface area contributed by atoms with Gasteiger partial charge in [0.25, 0.3) is 0 Å². The average molecular weight is 166 g/mol. The van der Waals surface area contributed by atoms with Crippen molar-refractivity contribution < 1.29 is 0 Å². The standard InChI is InChI=1S/C10H18N2/c1-4-5-6-11-7-8-12(9-11)10(2)3/h7-8,10H,4-6H2,1-3H3. The van der Waals surface area contributed by atoms with Gasteiger partial charge in [0.2, 0.25) is 6.67 Å². The van der Waals surface area contributed by atoms with E-state index in [0.717, 1.165) is 6.54 Å². The average Bonchev–Trinajstić information content (AvgIpc) is 2.48. The van der Waals surface area contributed by atoms with Crippen LogP contribution in [0.5, 0.6) is 0 Å². The molecule has 0 atom stereocenters. The van der Waals surface area contributed by atoms with Gasteiger partial charge in [-0.05, 0) is 20.3 Å². The first-order valence-corrected chi connectivity index (χ1v) is 4.73. The SMILES string of the molecule is CCCCN1[C]N(C(C)C)C=C1. The van der Waals surface area contributed by atoms with Crippen LogP contribution in [0.2, 0.25) is 0 Å². The minimum atomic E-state index is 0.521. The third-order valence-electron chi connectivity index (χ3n) is 1.96. The monoisotopic (exact) mass is 166 g/mol. The molecule has 1 aliphatic heterocycles. The van der Waals surface area contributed by atoms with Crippen molar-refractivity contribution in [3.05, 3.63) is 19.1 Å². The third kappa shape index (κ3) is 2.43. The number of nitrogens with zero attached hydrogens (tertiary/aromatic N) is 2. The predicted molar refractivity (Wildman–Crippen MR) is 51.0 cm³/mol. The number of rotatable bonds is 4. The highest BCUT2D eigenvalue weighted by molar-refractivity contribution is 4.98. The summed E-state index contributed by atoms with van der Waals surface area (Å²) in [4.78, 5) is 4.24. The normalized spacial score (nSPS) is 16.7. The van der Waals surface area contributed by atoms with Gasteiger partial charge < -0.3 is 9.80 Å². The molecule has 0 aromatic heterocycles. The second kappa shape index (κ2) is 4.39. The van der Waals surface area contributed by atoms with Crippen molar-refractivity contribution in [2.24, 2.45) is 0 Å². The van der Waals surface area contributed by atoms with Crippen LogP contribution in [0.4, 0.5) is 0 Å². The summed E-state index contributed by atoms with van der Waals surface area (Å²) >= 11 is 0. The Balaban J connectivity index is 2.23. The van der Waals surface area contributed by atoms with Crippen LogP contribution in [0, 0.1) is 6.67 Å². The lowest BCUT2D eigenvalue weighted by Crippen LogP contribution is -2.25. The lowest BCUT2D eigenvalue weighted by molar-refractivity contribution is 0.300. The van der Waals surface area contributed by atoms with Crippen LogP contribution in [-0.4, -0.2) is 22.4 Å². The molecule has 0 amide bonds. The Labute approximate surface area is 75.8 Å². The highest BCUT2D eigenvalue weighted by Gasteiger charge is 2.15. The van der Waals surface area contributed by atoms with Gasteiger partial charge in [-0.25, -0.2) is 0 Å². The van der Waals surface area contributed by atoms with Crippen molar-refractivity contribution in [1.29, 1.82) is 0 Å². The Morgan fingerprint density at radius 1 is 1.33 bits per heavy atom. The molecule has 0 unspecified atom stereocenters. The van der Waals surface area contributed by atoms with Gasteiger partial charge in [-0.1, -0.05) is 13.3 Å². The van der Waals surface area contributed by atoms with Gasteiger partial charge in [-0.3, -0.25) is 0 Å². The molecule has 0 N–H and O–H groups in total.